The quantitative estimate of drug-likeness (QED) is 0.757. The number of nitrogens with zero attached hydrogens (tertiary/aromatic N) is 1. The largest absolute Gasteiger partial charge is 0.368 e. The van der Waals surface area contributed by atoms with E-state index in [9.17, 15) is 4.79 Å². The highest BCUT2D eigenvalue weighted by Crippen LogP contribution is 2.36. The lowest BCUT2D eigenvalue weighted by molar-refractivity contribution is -0.124. The Labute approximate surface area is 129 Å². The highest BCUT2D eigenvalue weighted by molar-refractivity contribution is 5.84. The zero-order valence-corrected chi connectivity index (χ0v) is 14.0. The molecule has 1 heterocycles. The monoisotopic (exact) mass is 295 g/mol. The van der Waals surface area contributed by atoms with Crippen LogP contribution >= 0.6 is 0 Å². The van der Waals surface area contributed by atoms with Gasteiger partial charge in [0, 0.05) is 12.1 Å². The van der Waals surface area contributed by atoms with Gasteiger partial charge in [-0.2, -0.15) is 0 Å². The molecule has 0 aromatic rings. The number of fused-ring (bicyclic) bond motifs is 1. The van der Waals surface area contributed by atoms with Gasteiger partial charge in [-0.05, 0) is 78.3 Å². The molecule has 21 heavy (non-hydrogen) atoms. The minimum atomic E-state index is -0.570. The van der Waals surface area contributed by atoms with Gasteiger partial charge >= 0.3 is 0 Å². The number of primary amides is 1. The van der Waals surface area contributed by atoms with Crippen LogP contribution in [-0.2, 0) is 4.79 Å². The Hall–Kier alpha value is -0.610. The van der Waals surface area contributed by atoms with Gasteiger partial charge in [-0.1, -0.05) is 6.42 Å². The fraction of sp³-hybridized carbons (Fsp3) is 0.941. The van der Waals surface area contributed by atoms with Gasteiger partial charge in [-0.3, -0.25) is 4.79 Å². The van der Waals surface area contributed by atoms with E-state index in [1.807, 2.05) is 6.92 Å². The zero-order valence-electron chi connectivity index (χ0n) is 14.0. The van der Waals surface area contributed by atoms with Crippen LogP contribution in [0, 0.1) is 5.92 Å². The first-order chi connectivity index (χ1) is 9.92. The van der Waals surface area contributed by atoms with Crippen LogP contribution in [0.15, 0.2) is 0 Å². The molecule has 2 rings (SSSR count). The van der Waals surface area contributed by atoms with E-state index in [0.717, 1.165) is 31.3 Å². The molecule has 1 aliphatic carbocycles. The Morgan fingerprint density at radius 1 is 1.33 bits per heavy atom. The molecule has 0 bridgehead atoms. The molecule has 3 unspecified atom stereocenters. The molecule has 2 aliphatic rings. The summed E-state index contributed by atoms with van der Waals surface area (Å²) in [7, 11) is 0. The number of carbonyl (C=O) groups excluding carboxylic acids is 1. The van der Waals surface area contributed by atoms with Crippen LogP contribution in [0.25, 0.3) is 0 Å². The highest BCUT2D eigenvalue weighted by Gasteiger charge is 2.35. The molecule has 122 valence electrons. The van der Waals surface area contributed by atoms with Crippen molar-refractivity contribution in [1.82, 2.24) is 10.2 Å². The maximum absolute atomic E-state index is 11.8. The molecule has 0 aromatic heterocycles. The molecule has 4 heteroatoms. The molecule has 1 amide bonds. The highest BCUT2D eigenvalue weighted by atomic mass is 16.1. The molecule has 3 N–H and O–H groups in total. The smallest absolute Gasteiger partial charge is 0.237 e. The number of likely N-dealkylation sites (tertiary alicyclic amines) is 1. The third-order valence-corrected chi connectivity index (χ3v) is 5.38. The molecule has 0 spiro atoms. The molecule has 0 aromatic carbocycles. The number of nitrogens with two attached hydrogens (primary N) is 1. The molecule has 2 fully saturated rings. The van der Waals surface area contributed by atoms with Crippen molar-refractivity contribution in [3.8, 4) is 0 Å². The van der Waals surface area contributed by atoms with Gasteiger partial charge in [0.1, 0.15) is 0 Å². The van der Waals surface area contributed by atoms with Crippen LogP contribution in [0.3, 0.4) is 0 Å². The van der Waals surface area contributed by atoms with E-state index in [4.69, 9.17) is 5.73 Å². The van der Waals surface area contributed by atoms with Crippen molar-refractivity contribution in [2.75, 3.05) is 13.1 Å². The zero-order chi connectivity index (χ0) is 15.5. The Morgan fingerprint density at radius 2 is 2.05 bits per heavy atom. The summed E-state index contributed by atoms with van der Waals surface area (Å²) in [5.41, 5.74) is 5.04. The first kappa shape index (κ1) is 16.8. The van der Waals surface area contributed by atoms with Crippen molar-refractivity contribution >= 4 is 5.91 Å². The molecular formula is C17H33N3O. The van der Waals surface area contributed by atoms with Crippen molar-refractivity contribution in [2.24, 2.45) is 11.7 Å². The van der Waals surface area contributed by atoms with Gasteiger partial charge in [-0.15, -0.1) is 0 Å². The van der Waals surface area contributed by atoms with E-state index in [2.05, 4.69) is 24.1 Å². The first-order valence-corrected chi connectivity index (χ1v) is 8.74. The number of carbonyl (C=O) groups is 1. The summed E-state index contributed by atoms with van der Waals surface area (Å²) in [5.74, 6) is 0.712. The summed E-state index contributed by atoms with van der Waals surface area (Å²) in [4.78, 5) is 14.4. The first-order valence-electron chi connectivity index (χ1n) is 8.74. The number of hydrogen-bond donors (Lipinski definition) is 2. The summed E-state index contributed by atoms with van der Waals surface area (Å²) in [5, 5.41) is 3.35. The van der Waals surface area contributed by atoms with Crippen LogP contribution in [-0.4, -0.2) is 41.5 Å². The molecule has 4 nitrogen and oxygen atoms in total. The lowest BCUT2D eigenvalue weighted by atomic mass is 9.90. The Morgan fingerprint density at radius 3 is 2.71 bits per heavy atom. The van der Waals surface area contributed by atoms with Crippen LogP contribution in [0.5, 0.6) is 0 Å². The van der Waals surface area contributed by atoms with Gasteiger partial charge in [0.05, 0.1) is 5.54 Å². The molecule has 3 atom stereocenters. The SMILES string of the molecule is CC(C)NC(C)(CCCN1CCCC2CCCC21)C(N)=O. The van der Waals surface area contributed by atoms with E-state index in [1.165, 1.54) is 38.6 Å². The number of rotatable bonds is 7. The second-order valence-electron chi connectivity index (χ2n) is 7.54. The summed E-state index contributed by atoms with van der Waals surface area (Å²) in [6.45, 7) is 8.43. The summed E-state index contributed by atoms with van der Waals surface area (Å²) >= 11 is 0. The standard InChI is InChI=1S/C17H33N3O/c1-13(2)19-17(3,16(18)21)10-6-12-20-11-5-8-14-7-4-9-15(14)20/h13-15,19H,4-12H2,1-3H3,(H2,18,21). The van der Waals surface area contributed by atoms with Crippen LogP contribution in [0.4, 0.5) is 0 Å². The Bertz CT molecular complexity index is 358. The average Bonchev–Trinajstić information content (AvgIpc) is 2.86. The van der Waals surface area contributed by atoms with Crippen molar-refractivity contribution in [3.05, 3.63) is 0 Å². The predicted molar refractivity (Wildman–Crippen MR) is 87.0 cm³/mol. The molecule has 1 saturated carbocycles. The fourth-order valence-corrected chi connectivity index (χ4v) is 4.37. The van der Waals surface area contributed by atoms with E-state index < -0.39 is 5.54 Å². The molecular weight excluding hydrogens is 262 g/mol. The van der Waals surface area contributed by atoms with Crippen LogP contribution in [0.1, 0.15) is 65.7 Å². The van der Waals surface area contributed by atoms with E-state index in [0.29, 0.717) is 0 Å². The topological polar surface area (TPSA) is 58.4 Å². The maximum Gasteiger partial charge on any atom is 0.237 e. The third-order valence-electron chi connectivity index (χ3n) is 5.38. The minimum absolute atomic E-state index is 0.228. The molecule has 1 saturated heterocycles. The molecule has 1 aliphatic heterocycles. The van der Waals surface area contributed by atoms with Gasteiger partial charge in [-0.25, -0.2) is 0 Å². The average molecular weight is 295 g/mol. The lowest BCUT2D eigenvalue weighted by Gasteiger charge is -2.38. The maximum atomic E-state index is 11.8. The van der Waals surface area contributed by atoms with Crippen LogP contribution in [0.2, 0.25) is 0 Å². The van der Waals surface area contributed by atoms with Gasteiger partial charge < -0.3 is 16.0 Å². The number of piperidine rings is 1. The minimum Gasteiger partial charge on any atom is -0.368 e. The van der Waals surface area contributed by atoms with Crippen molar-refractivity contribution in [3.63, 3.8) is 0 Å². The van der Waals surface area contributed by atoms with Crippen molar-refractivity contribution < 1.29 is 4.79 Å². The summed E-state index contributed by atoms with van der Waals surface area (Å²) in [6.07, 6.45) is 8.85. The predicted octanol–water partition coefficient (Wildman–Crippen LogP) is 2.27. The van der Waals surface area contributed by atoms with Crippen LogP contribution < -0.4 is 11.1 Å². The molecule has 0 radical (unpaired) electrons. The Kier molecular flexibility index (Phi) is 5.67. The lowest BCUT2D eigenvalue weighted by Crippen LogP contribution is -2.55. The van der Waals surface area contributed by atoms with E-state index in [-0.39, 0.29) is 11.9 Å². The van der Waals surface area contributed by atoms with Gasteiger partial charge in [0.15, 0.2) is 0 Å². The third kappa shape index (κ3) is 4.19. The number of amides is 1. The van der Waals surface area contributed by atoms with E-state index in [1.54, 1.807) is 0 Å². The van der Waals surface area contributed by atoms with Gasteiger partial charge in [0.25, 0.3) is 0 Å². The number of nitrogens with one attached hydrogen (secondary N) is 1. The fourth-order valence-electron chi connectivity index (χ4n) is 4.37. The second-order valence-corrected chi connectivity index (χ2v) is 7.54. The summed E-state index contributed by atoms with van der Waals surface area (Å²) < 4.78 is 0. The van der Waals surface area contributed by atoms with Gasteiger partial charge in [0.2, 0.25) is 5.91 Å². The second kappa shape index (κ2) is 7.10. The normalized spacial score (nSPS) is 29.3. The Balaban J connectivity index is 1.83. The van der Waals surface area contributed by atoms with Crippen molar-refractivity contribution in [2.45, 2.75) is 83.3 Å². The number of hydrogen-bond acceptors (Lipinski definition) is 3. The van der Waals surface area contributed by atoms with Crippen molar-refractivity contribution in [1.29, 1.82) is 0 Å². The summed E-state index contributed by atoms with van der Waals surface area (Å²) in [6, 6.07) is 1.09. The van der Waals surface area contributed by atoms with E-state index >= 15 is 0 Å².